The molecule has 1 unspecified atom stereocenters. The van der Waals surface area contributed by atoms with Crippen molar-refractivity contribution in [2.45, 2.75) is 24.8 Å². The van der Waals surface area contributed by atoms with E-state index < -0.39 is 6.04 Å². The van der Waals surface area contributed by atoms with Gasteiger partial charge in [-0.05, 0) is 44.6 Å². The number of rotatable bonds is 5. The lowest BCUT2D eigenvalue weighted by molar-refractivity contribution is -0.120. The SMILES string of the molecule is CN(C)C(C(=O)Nc1nccnc1C1CC1)c1ccc(Cl)cc1. The van der Waals surface area contributed by atoms with Gasteiger partial charge in [-0.1, -0.05) is 23.7 Å². The van der Waals surface area contributed by atoms with Crippen LogP contribution in [0.3, 0.4) is 0 Å². The summed E-state index contributed by atoms with van der Waals surface area (Å²) in [5, 5.41) is 3.59. The molecule has 5 nitrogen and oxygen atoms in total. The van der Waals surface area contributed by atoms with Crippen LogP contribution >= 0.6 is 11.6 Å². The number of carbonyl (C=O) groups excluding carboxylic acids is 1. The first-order valence-corrected chi connectivity index (χ1v) is 7.97. The van der Waals surface area contributed by atoms with E-state index in [0.29, 0.717) is 16.8 Å². The van der Waals surface area contributed by atoms with Crippen LogP contribution in [0.15, 0.2) is 36.7 Å². The quantitative estimate of drug-likeness (QED) is 0.914. The Morgan fingerprint density at radius 3 is 2.48 bits per heavy atom. The minimum absolute atomic E-state index is 0.125. The van der Waals surface area contributed by atoms with E-state index in [4.69, 9.17) is 11.6 Å². The van der Waals surface area contributed by atoms with Gasteiger partial charge in [0.05, 0.1) is 5.69 Å². The largest absolute Gasteiger partial charge is 0.307 e. The van der Waals surface area contributed by atoms with Crippen LogP contribution < -0.4 is 5.32 Å². The van der Waals surface area contributed by atoms with Crippen LogP contribution in [-0.2, 0) is 4.79 Å². The standard InChI is InChI=1S/C17H19ClN4O/c1-22(2)15(12-5-7-13(18)8-6-12)17(23)21-16-14(11-3-4-11)19-9-10-20-16/h5-11,15H,3-4H2,1-2H3,(H,20,21,23). The number of hydrogen-bond donors (Lipinski definition) is 1. The number of nitrogens with one attached hydrogen (secondary N) is 1. The lowest BCUT2D eigenvalue weighted by Gasteiger charge is -2.24. The summed E-state index contributed by atoms with van der Waals surface area (Å²) in [5.41, 5.74) is 1.77. The van der Waals surface area contributed by atoms with E-state index in [1.807, 2.05) is 31.1 Å². The van der Waals surface area contributed by atoms with Crippen molar-refractivity contribution in [2.24, 2.45) is 0 Å². The molecule has 1 aliphatic rings. The van der Waals surface area contributed by atoms with Crippen molar-refractivity contribution in [1.29, 1.82) is 0 Å². The Morgan fingerprint density at radius 1 is 1.22 bits per heavy atom. The third-order valence-corrected chi connectivity index (χ3v) is 4.13. The zero-order chi connectivity index (χ0) is 16.4. The molecule has 0 radical (unpaired) electrons. The Labute approximate surface area is 140 Å². The van der Waals surface area contributed by atoms with Crippen LogP contribution in [0.1, 0.15) is 36.1 Å². The summed E-state index contributed by atoms with van der Waals surface area (Å²) in [6.45, 7) is 0. The first-order valence-electron chi connectivity index (χ1n) is 7.60. The summed E-state index contributed by atoms with van der Waals surface area (Å²) >= 11 is 5.94. The Kier molecular flexibility index (Phi) is 4.59. The molecule has 3 rings (SSSR count). The van der Waals surface area contributed by atoms with Gasteiger partial charge in [0.25, 0.3) is 0 Å². The molecule has 1 atom stereocenters. The van der Waals surface area contributed by atoms with Crippen molar-refractivity contribution in [3.05, 3.63) is 52.9 Å². The highest BCUT2D eigenvalue weighted by molar-refractivity contribution is 6.30. The van der Waals surface area contributed by atoms with Crippen molar-refractivity contribution >= 4 is 23.3 Å². The van der Waals surface area contributed by atoms with Gasteiger partial charge < -0.3 is 5.32 Å². The molecule has 0 saturated heterocycles. The highest BCUT2D eigenvalue weighted by Gasteiger charge is 2.30. The van der Waals surface area contributed by atoms with Gasteiger partial charge >= 0.3 is 0 Å². The first kappa shape index (κ1) is 15.9. The van der Waals surface area contributed by atoms with Gasteiger partial charge in [0.15, 0.2) is 5.82 Å². The monoisotopic (exact) mass is 330 g/mol. The summed E-state index contributed by atoms with van der Waals surface area (Å²) in [5.74, 6) is 0.868. The Hall–Kier alpha value is -1.98. The number of halogens is 1. The second kappa shape index (κ2) is 6.64. The average molecular weight is 331 g/mol. The van der Waals surface area contributed by atoms with Crippen molar-refractivity contribution in [3.63, 3.8) is 0 Å². The summed E-state index contributed by atoms with van der Waals surface area (Å²) in [7, 11) is 3.74. The topological polar surface area (TPSA) is 58.1 Å². The Morgan fingerprint density at radius 2 is 1.87 bits per heavy atom. The molecule has 1 heterocycles. The number of hydrogen-bond acceptors (Lipinski definition) is 4. The zero-order valence-corrected chi connectivity index (χ0v) is 13.9. The second-order valence-electron chi connectivity index (χ2n) is 5.97. The smallest absolute Gasteiger partial charge is 0.247 e. The van der Waals surface area contributed by atoms with Crippen LogP contribution in [0, 0.1) is 0 Å². The van der Waals surface area contributed by atoms with E-state index >= 15 is 0 Å². The molecule has 1 saturated carbocycles. The molecule has 0 bridgehead atoms. The fourth-order valence-electron chi connectivity index (χ4n) is 2.61. The molecule has 2 aromatic rings. The molecule has 1 aliphatic carbocycles. The summed E-state index contributed by atoms with van der Waals surface area (Å²) in [4.78, 5) is 23.3. The molecule has 1 aromatic carbocycles. The Bertz CT molecular complexity index is 698. The van der Waals surface area contributed by atoms with E-state index in [-0.39, 0.29) is 5.91 Å². The van der Waals surface area contributed by atoms with Crippen LogP contribution in [0.25, 0.3) is 0 Å². The average Bonchev–Trinajstić information content (AvgIpc) is 3.34. The summed E-state index contributed by atoms with van der Waals surface area (Å²) in [6.07, 6.45) is 5.49. The van der Waals surface area contributed by atoms with Gasteiger partial charge in [0, 0.05) is 23.3 Å². The Balaban J connectivity index is 1.83. The number of aromatic nitrogens is 2. The summed E-state index contributed by atoms with van der Waals surface area (Å²) in [6, 6.07) is 6.90. The van der Waals surface area contributed by atoms with E-state index in [1.165, 1.54) is 0 Å². The van der Waals surface area contributed by atoms with Crippen molar-refractivity contribution in [1.82, 2.24) is 14.9 Å². The van der Waals surface area contributed by atoms with Gasteiger partial charge in [0.2, 0.25) is 5.91 Å². The molecule has 23 heavy (non-hydrogen) atoms. The number of anilines is 1. The van der Waals surface area contributed by atoms with Gasteiger partial charge in [-0.3, -0.25) is 14.7 Å². The van der Waals surface area contributed by atoms with Gasteiger partial charge in [-0.15, -0.1) is 0 Å². The van der Waals surface area contributed by atoms with Crippen LogP contribution in [0.5, 0.6) is 0 Å². The number of carbonyl (C=O) groups is 1. The molecule has 1 fully saturated rings. The number of nitrogens with zero attached hydrogens (tertiary/aromatic N) is 3. The number of likely N-dealkylation sites (N-methyl/N-ethyl adjacent to an activating group) is 1. The molecule has 1 amide bonds. The third kappa shape index (κ3) is 3.68. The maximum atomic E-state index is 12.8. The number of amides is 1. The molecule has 1 aromatic heterocycles. The van der Waals surface area contributed by atoms with Crippen LogP contribution in [0.2, 0.25) is 5.02 Å². The zero-order valence-electron chi connectivity index (χ0n) is 13.2. The minimum atomic E-state index is -0.415. The number of benzene rings is 1. The fourth-order valence-corrected chi connectivity index (χ4v) is 2.74. The van der Waals surface area contributed by atoms with E-state index in [2.05, 4.69) is 15.3 Å². The predicted octanol–water partition coefficient (Wildman–Crippen LogP) is 3.25. The van der Waals surface area contributed by atoms with E-state index in [1.54, 1.807) is 24.5 Å². The molecular formula is C17H19ClN4O. The summed E-state index contributed by atoms with van der Waals surface area (Å²) < 4.78 is 0. The lowest BCUT2D eigenvalue weighted by Crippen LogP contribution is -2.32. The fraction of sp³-hybridized carbons (Fsp3) is 0.353. The molecule has 0 spiro atoms. The maximum Gasteiger partial charge on any atom is 0.247 e. The third-order valence-electron chi connectivity index (χ3n) is 3.88. The van der Waals surface area contributed by atoms with Crippen molar-refractivity contribution in [2.75, 3.05) is 19.4 Å². The highest BCUT2D eigenvalue weighted by Crippen LogP contribution is 2.41. The maximum absolute atomic E-state index is 12.8. The van der Waals surface area contributed by atoms with E-state index in [9.17, 15) is 4.79 Å². The van der Waals surface area contributed by atoms with Crippen LogP contribution in [-0.4, -0.2) is 34.9 Å². The molecule has 1 N–H and O–H groups in total. The molecular weight excluding hydrogens is 312 g/mol. The van der Waals surface area contributed by atoms with Crippen LogP contribution in [0.4, 0.5) is 5.82 Å². The normalized spacial score (nSPS) is 15.5. The molecule has 6 heteroatoms. The molecule has 120 valence electrons. The van der Waals surface area contributed by atoms with Gasteiger partial charge in [-0.25, -0.2) is 4.98 Å². The van der Waals surface area contributed by atoms with Gasteiger partial charge in [-0.2, -0.15) is 0 Å². The van der Waals surface area contributed by atoms with Gasteiger partial charge in [0.1, 0.15) is 6.04 Å². The predicted molar refractivity (Wildman–Crippen MR) is 90.5 cm³/mol. The minimum Gasteiger partial charge on any atom is -0.307 e. The van der Waals surface area contributed by atoms with Crippen molar-refractivity contribution < 1.29 is 4.79 Å². The first-order chi connectivity index (χ1) is 11.1. The lowest BCUT2D eigenvalue weighted by atomic mass is 10.1. The second-order valence-corrected chi connectivity index (χ2v) is 6.41. The van der Waals surface area contributed by atoms with Crippen molar-refractivity contribution in [3.8, 4) is 0 Å². The van der Waals surface area contributed by atoms with E-state index in [0.717, 1.165) is 24.1 Å². The highest BCUT2D eigenvalue weighted by atomic mass is 35.5. The molecule has 0 aliphatic heterocycles.